The van der Waals surface area contributed by atoms with E-state index in [2.05, 4.69) is 190 Å². The molecule has 1 aliphatic rings. The summed E-state index contributed by atoms with van der Waals surface area (Å²) in [6, 6.07) is 64.7. The number of aromatic nitrogens is 2. The van der Waals surface area contributed by atoms with Crippen molar-refractivity contribution in [2.75, 3.05) is 0 Å². The Morgan fingerprint density at radius 1 is 0.429 bits per heavy atom. The van der Waals surface area contributed by atoms with Gasteiger partial charge in [-0.15, -0.1) is 0 Å². The molecule has 10 aromatic rings. The lowest BCUT2D eigenvalue weighted by Gasteiger charge is -2.21. The average Bonchev–Trinajstić information content (AvgIpc) is 3.76. The number of hydrogen-bond donors (Lipinski definition) is 0. The van der Waals surface area contributed by atoms with Crippen molar-refractivity contribution in [1.29, 1.82) is 0 Å². The lowest BCUT2D eigenvalue weighted by atomic mass is 9.82. The second-order valence-electron chi connectivity index (χ2n) is 15.3. The summed E-state index contributed by atoms with van der Waals surface area (Å²) in [5, 5.41) is 4.50. The number of rotatable bonds is 5. The number of benzene rings is 8. The highest BCUT2D eigenvalue weighted by molar-refractivity contribution is 6.19. The van der Waals surface area contributed by atoms with E-state index in [0.29, 0.717) is 5.82 Å². The first-order valence-corrected chi connectivity index (χ1v) is 19.2. The molecule has 0 atom stereocenters. The molecule has 11 rings (SSSR count). The summed E-state index contributed by atoms with van der Waals surface area (Å²) in [5.74, 6) is 0.697. The molecule has 0 aliphatic heterocycles. The first kappa shape index (κ1) is 32.3. The Kier molecular flexibility index (Phi) is 7.20. The molecular weight excluding hydrogens is 681 g/mol. The summed E-state index contributed by atoms with van der Waals surface area (Å²) in [6.45, 7) is 4.65. The Bertz CT molecular complexity index is 3160. The van der Waals surface area contributed by atoms with Crippen molar-refractivity contribution in [3.8, 4) is 67.3 Å². The fraction of sp³-hybridized carbons (Fsp3) is 0.0566. The van der Waals surface area contributed by atoms with Gasteiger partial charge in [-0.3, -0.25) is 0 Å². The minimum atomic E-state index is -0.121. The summed E-state index contributed by atoms with van der Waals surface area (Å²) < 4.78 is 6.64. The highest BCUT2D eigenvalue weighted by Crippen LogP contribution is 2.52. The Morgan fingerprint density at radius 2 is 1.07 bits per heavy atom. The predicted molar refractivity (Wildman–Crippen MR) is 232 cm³/mol. The quantitative estimate of drug-likeness (QED) is 0.178. The fourth-order valence-electron chi connectivity index (χ4n) is 8.94. The van der Waals surface area contributed by atoms with Gasteiger partial charge in [0.1, 0.15) is 11.2 Å². The maximum Gasteiger partial charge on any atom is 0.160 e. The SMILES string of the molecule is CC1(C)c2ccccc2-c2c(-c3cc(-c4cc(-c5ccccc5)cc(-c5cccc6oc7c8ccccc8ccc7c56)c4)nc(-c4ccccc4)n3)cccc21. The summed E-state index contributed by atoms with van der Waals surface area (Å²) in [4.78, 5) is 10.7. The van der Waals surface area contributed by atoms with Gasteiger partial charge in [0, 0.05) is 38.3 Å². The molecule has 56 heavy (non-hydrogen) atoms. The van der Waals surface area contributed by atoms with E-state index < -0.39 is 0 Å². The van der Waals surface area contributed by atoms with Crippen molar-refractivity contribution in [2.45, 2.75) is 19.3 Å². The maximum atomic E-state index is 6.64. The lowest BCUT2D eigenvalue weighted by molar-refractivity contribution is 0.660. The van der Waals surface area contributed by atoms with Crippen LogP contribution in [-0.4, -0.2) is 9.97 Å². The minimum absolute atomic E-state index is 0.121. The van der Waals surface area contributed by atoms with Gasteiger partial charge < -0.3 is 4.42 Å². The zero-order chi connectivity index (χ0) is 37.4. The Morgan fingerprint density at radius 3 is 1.93 bits per heavy atom. The van der Waals surface area contributed by atoms with Crippen LogP contribution in [-0.2, 0) is 5.41 Å². The molecule has 1 aliphatic carbocycles. The van der Waals surface area contributed by atoms with Gasteiger partial charge in [-0.25, -0.2) is 9.97 Å². The lowest BCUT2D eigenvalue weighted by Crippen LogP contribution is -2.14. The number of nitrogens with zero attached hydrogens (tertiary/aromatic N) is 2. The van der Waals surface area contributed by atoms with E-state index in [9.17, 15) is 0 Å². The molecule has 0 bridgehead atoms. The number of hydrogen-bond acceptors (Lipinski definition) is 3. The van der Waals surface area contributed by atoms with Gasteiger partial charge in [-0.2, -0.15) is 0 Å². The molecule has 0 unspecified atom stereocenters. The highest BCUT2D eigenvalue weighted by Gasteiger charge is 2.36. The Labute approximate surface area is 325 Å². The van der Waals surface area contributed by atoms with Crippen LogP contribution in [0.15, 0.2) is 186 Å². The Balaban J connectivity index is 1.17. The van der Waals surface area contributed by atoms with E-state index in [4.69, 9.17) is 14.4 Å². The summed E-state index contributed by atoms with van der Waals surface area (Å²) in [5.41, 5.74) is 16.2. The molecule has 0 N–H and O–H groups in total. The van der Waals surface area contributed by atoms with Gasteiger partial charge in [0.25, 0.3) is 0 Å². The van der Waals surface area contributed by atoms with Crippen molar-refractivity contribution < 1.29 is 4.42 Å². The maximum absolute atomic E-state index is 6.64. The van der Waals surface area contributed by atoms with Crippen LogP contribution in [0.25, 0.3) is 100.0 Å². The van der Waals surface area contributed by atoms with Crippen LogP contribution in [0.2, 0.25) is 0 Å². The summed E-state index contributed by atoms with van der Waals surface area (Å²) in [6.07, 6.45) is 0. The second-order valence-corrected chi connectivity index (χ2v) is 15.3. The predicted octanol–water partition coefficient (Wildman–Crippen LogP) is 14.2. The smallest absolute Gasteiger partial charge is 0.160 e. The summed E-state index contributed by atoms with van der Waals surface area (Å²) >= 11 is 0. The summed E-state index contributed by atoms with van der Waals surface area (Å²) in [7, 11) is 0. The molecule has 0 saturated carbocycles. The van der Waals surface area contributed by atoms with Crippen molar-refractivity contribution in [1.82, 2.24) is 9.97 Å². The molecule has 264 valence electrons. The van der Waals surface area contributed by atoms with Gasteiger partial charge in [-0.05, 0) is 86.3 Å². The van der Waals surface area contributed by atoms with Crippen LogP contribution in [0.4, 0.5) is 0 Å². The molecule has 0 spiro atoms. The molecule has 3 nitrogen and oxygen atoms in total. The highest BCUT2D eigenvalue weighted by atomic mass is 16.3. The molecule has 0 fully saturated rings. The number of furan rings is 1. The zero-order valence-electron chi connectivity index (χ0n) is 31.1. The third-order valence-electron chi connectivity index (χ3n) is 11.7. The van der Waals surface area contributed by atoms with Crippen LogP contribution in [0, 0.1) is 0 Å². The van der Waals surface area contributed by atoms with Gasteiger partial charge >= 0.3 is 0 Å². The van der Waals surface area contributed by atoms with Gasteiger partial charge in [0.2, 0.25) is 0 Å². The molecule has 0 saturated heterocycles. The number of fused-ring (bicyclic) bond motifs is 8. The van der Waals surface area contributed by atoms with Crippen LogP contribution < -0.4 is 0 Å². The van der Waals surface area contributed by atoms with Crippen LogP contribution in [0.5, 0.6) is 0 Å². The van der Waals surface area contributed by atoms with Crippen molar-refractivity contribution in [3.05, 3.63) is 193 Å². The average molecular weight is 717 g/mol. The topological polar surface area (TPSA) is 38.9 Å². The first-order valence-electron chi connectivity index (χ1n) is 19.2. The molecule has 0 amide bonds. The van der Waals surface area contributed by atoms with E-state index in [1.54, 1.807) is 0 Å². The van der Waals surface area contributed by atoms with Gasteiger partial charge in [-0.1, -0.05) is 159 Å². The Hall–Kier alpha value is -7.10. The normalized spacial score (nSPS) is 13.0. The second kappa shape index (κ2) is 12.5. The zero-order valence-corrected chi connectivity index (χ0v) is 31.1. The molecular formula is C53H36N2O. The van der Waals surface area contributed by atoms with Gasteiger partial charge in [0.15, 0.2) is 5.82 Å². The third kappa shape index (κ3) is 5.05. The first-order chi connectivity index (χ1) is 27.5. The van der Waals surface area contributed by atoms with E-state index >= 15 is 0 Å². The van der Waals surface area contributed by atoms with E-state index in [0.717, 1.165) is 77.7 Å². The largest absolute Gasteiger partial charge is 0.455 e. The van der Waals surface area contributed by atoms with Crippen molar-refractivity contribution in [2.24, 2.45) is 0 Å². The van der Waals surface area contributed by atoms with Gasteiger partial charge in [0.05, 0.1) is 11.4 Å². The van der Waals surface area contributed by atoms with E-state index in [1.807, 2.05) is 6.07 Å². The minimum Gasteiger partial charge on any atom is -0.455 e. The third-order valence-corrected chi connectivity index (χ3v) is 11.7. The van der Waals surface area contributed by atoms with Crippen molar-refractivity contribution in [3.63, 3.8) is 0 Å². The van der Waals surface area contributed by atoms with Crippen LogP contribution >= 0.6 is 0 Å². The van der Waals surface area contributed by atoms with Crippen LogP contribution in [0.3, 0.4) is 0 Å². The van der Waals surface area contributed by atoms with E-state index in [1.165, 1.54) is 27.6 Å². The fourth-order valence-corrected chi connectivity index (χ4v) is 8.94. The van der Waals surface area contributed by atoms with E-state index in [-0.39, 0.29) is 5.41 Å². The molecule has 2 heterocycles. The van der Waals surface area contributed by atoms with Crippen molar-refractivity contribution >= 4 is 32.7 Å². The van der Waals surface area contributed by atoms with Crippen LogP contribution in [0.1, 0.15) is 25.0 Å². The molecule has 2 aromatic heterocycles. The monoisotopic (exact) mass is 716 g/mol. The molecule has 0 radical (unpaired) electrons. The molecule has 3 heteroatoms. The molecule has 8 aromatic carbocycles. The standard InChI is InChI=1S/C53H36N2O/c1-53(2)44-24-12-11-21-41(44)49-42(23-13-25-45(49)53)47-32-46(54-52(55-47)35-18-7-4-8-19-35)38-30-36(33-15-5-3-6-16-33)29-37(31-38)39-22-14-26-48-50(39)43-28-27-34-17-9-10-20-40(34)51(43)56-48/h3-32H,1-2H3.